The van der Waals surface area contributed by atoms with E-state index in [4.69, 9.17) is 18.5 Å². The first-order chi connectivity index (χ1) is 38.0. The molecule has 10 heteroatoms. The van der Waals surface area contributed by atoms with E-state index in [-0.39, 0.29) is 32.0 Å². The number of phosphoric acid groups is 1. The molecule has 0 aromatic carbocycles. The predicted octanol–water partition coefficient (Wildman–Crippen LogP) is 20.4. The van der Waals surface area contributed by atoms with Crippen molar-refractivity contribution in [3.63, 3.8) is 0 Å². The third-order valence-corrected chi connectivity index (χ3v) is 15.5. The summed E-state index contributed by atoms with van der Waals surface area (Å²) in [4.78, 5) is 37.9. The van der Waals surface area contributed by atoms with Crippen LogP contribution in [0.4, 0.5) is 0 Å². The van der Waals surface area contributed by atoms with Gasteiger partial charge in [-0.2, -0.15) is 0 Å². The van der Waals surface area contributed by atoms with Crippen LogP contribution in [0.25, 0.3) is 0 Å². The van der Waals surface area contributed by atoms with Gasteiger partial charge >= 0.3 is 11.9 Å². The molecule has 456 valence electrons. The van der Waals surface area contributed by atoms with Crippen LogP contribution in [0, 0.1) is 0 Å². The SMILES string of the molecule is CC/C=C\C/C=C\C/C=C\C/C=C\C/C=C\CCCCCCCCCCCCCCCCCCCCCCCCCC(=O)OC(COC(=O)CCCCCCCCCCCCCCCCC)COP(=O)([O-])OCC[N+](C)(C)C. The second kappa shape index (κ2) is 59.3. The average molecular weight is 1120 g/mol. The summed E-state index contributed by atoms with van der Waals surface area (Å²) in [6, 6.07) is 0. The van der Waals surface area contributed by atoms with Gasteiger partial charge in [-0.25, -0.2) is 0 Å². The topological polar surface area (TPSA) is 111 Å². The second-order valence-corrected chi connectivity index (χ2v) is 24.9. The minimum absolute atomic E-state index is 0.0282. The Bertz CT molecular complexity index is 1500. The van der Waals surface area contributed by atoms with E-state index in [9.17, 15) is 19.0 Å². The van der Waals surface area contributed by atoms with E-state index < -0.39 is 26.5 Å². The molecule has 0 aliphatic rings. The van der Waals surface area contributed by atoms with Crippen molar-refractivity contribution in [1.29, 1.82) is 0 Å². The second-order valence-electron chi connectivity index (χ2n) is 23.5. The zero-order valence-electron chi connectivity index (χ0n) is 51.9. The summed E-state index contributed by atoms with van der Waals surface area (Å²) < 4.78 is 34.2. The van der Waals surface area contributed by atoms with Crippen molar-refractivity contribution in [3.05, 3.63) is 60.8 Å². The van der Waals surface area contributed by atoms with Crippen LogP contribution in [0.5, 0.6) is 0 Å². The third-order valence-electron chi connectivity index (χ3n) is 14.6. The minimum Gasteiger partial charge on any atom is -0.756 e. The lowest BCUT2D eigenvalue weighted by molar-refractivity contribution is -0.870. The van der Waals surface area contributed by atoms with E-state index in [2.05, 4.69) is 74.6 Å². The Morgan fingerprint density at radius 1 is 0.410 bits per heavy atom. The quantitative estimate of drug-likeness (QED) is 0.0195. The molecule has 78 heavy (non-hydrogen) atoms. The number of carbonyl (C=O) groups excluding carboxylic acids is 2. The summed E-state index contributed by atoms with van der Waals surface area (Å²) >= 11 is 0. The number of quaternary nitrogens is 1. The Balaban J connectivity index is 3.91. The summed E-state index contributed by atoms with van der Waals surface area (Å²) in [5.41, 5.74) is 0. The maximum atomic E-state index is 12.8. The number of allylic oxidation sites excluding steroid dienone is 10. The van der Waals surface area contributed by atoms with Crippen molar-refractivity contribution < 1.29 is 42.1 Å². The van der Waals surface area contributed by atoms with Gasteiger partial charge in [-0.3, -0.25) is 14.2 Å². The van der Waals surface area contributed by atoms with E-state index >= 15 is 0 Å². The molecular formula is C68H126NO8P. The first-order valence-electron chi connectivity index (χ1n) is 33.0. The molecule has 2 atom stereocenters. The van der Waals surface area contributed by atoms with Crippen LogP contribution in [0.3, 0.4) is 0 Å². The van der Waals surface area contributed by atoms with Crippen LogP contribution < -0.4 is 4.89 Å². The molecule has 0 amide bonds. The van der Waals surface area contributed by atoms with Gasteiger partial charge in [0.1, 0.15) is 19.8 Å². The molecule has 0 aromatic rings. The van der Waals surface area contributed by atoms with Gasteiger partial charge in [-0.05, 0) is 57.8 Å². The van der Waals surface area contributed by atoms with Crippen LogP contribution in [-0.2, 0) is 32.7 Å². The maximum absolute atomic E-state index is 12.8. The lowest BCUT2D eigenvalue weighted by Crippen LogP contribution is -2.37. The normalized spacial score (nSPS) is 13.6. The van der Waals surface area contributed by atoms with Gasteiger partial charge in [-0.15, -0.1) is 0 Å². The average Bonchev–Trinajstić information content (AvgIpc) is 3.41. The highest BCUT2D eigenvalue weighted by molar-refractivity contribution is 7.45. The summed E-state index contributed by atoms with van der Waals surface area (Å²) in [5, 5.41) is 0. The van der Waals surface area contributed by atoms with Gasteiger partial charge in [0, 0.05) is 12.8 Å². The van der Waals surface area contributed by atoms with Crippen LogP contribution in [0.2, 0.25) is 0 Å². The smallest absolute Gasteiger partial charge is 0.306 e. The molecule has 0 heterocycles. The van der Waals surface area contributed by atoms with Crippen molar-refractivity contribution in [2.24, 2.45) is 0 Å². The molecule has 0 aromatic heterocycles. The van der Waals surface area contributed by atoms with Crippen LogP contribution in [0.15, 0.2) is 60.8 Å². The first kappa shape index (κ1) is 75.7. The zero-order valence-corrected chi connectivity index (χ0v) is 52.8. The number of esters is 2. The summed E-state index contributed by atoms with van der Waals surface area (Å²) in [6.07, 6.45) is 77.3. The van der Waals surface area contributed by atoms with E-state index in [1.54, 1.807) is 0 Å². The molecular weight excluding hydrogens is 990 g/mol. The Labute approximate surface area is 483 Å². The van der Waals surface area contributed by atoms with E-state index in [0.717, 1.165) is 64.2 Å². The lowest BCUT2D eigenvalue weighted by Gasteiger charge is -2.28. The summed E-state index contributed by atoms with van der Waals surface area (Å²) in [6.45, 7) is 4.17. The van der Waals surface area contributed by atoms with Crippen molar-refractivity contribution in [3.8, 4) is 0 Å². The number of phosphoric ester groups is 1. The zero-order chi connectivity index (χ0) is 57.0. The number of hydrogen-bond donors (Lipinski definition) is 0. The Hall–Kier alpha value is -2.29. The fourth-order valence-electron chi connectivity index (χ4n) is 9.51. The highest BCUT2D eigenvalue weighted by Gasteiger charge is 2.22. The number of carbonyl (C=O) groups is 2. The van der Waals surface area contributed by atoms with E-state index in [1.807, 2.05) is 21.1 Å². The molecule has 0 fully saturated rings. The van der Waals surface area contributed by atoms with E-state index in [1.165, 1.54) is 212 Å². The highest BCUT2D eigenvalue weighted by Crippen LogP contribution is 2.38. The number of ether oxygens (including phenoxy) is 2. The lowest BCUT2D eigenvalue weighted by atomic mass is 10.0. The Morgan fingerprint density at radius 3 is 1.09 bits per heavy atom. The van der Waals surface area contributed by atoms with Gasteiger partial charge < -0.3 is 27.9 Å². The minimum atomic E-state index is -4.63. The number of nitrogens with zero attached hydrogens (tertiary/aromatic N) is 1. The number of likely N-dealkylation sites (N-methyl/N-ethyl adjacent to an activating group) is 1. The maximum Gasteiger partial charge on any atom is 0.306 e. The van der Waals surface area contributed by atoms with Crippen molar-refractivity contribution in [2.75, 3.05) is 47.5 Å². The van der Waals surface area contributed by atoms with Crippen molar-refractivity contribution in [2.45, 2.75) is 315 Å². The molecule has 0 spiro atoms. The number of unbranched alkanes of at least 4 members (excludes halogenated alkanes) is 37. The Kier molecular flexibility index (Phi) is 57.6. The summed E-state index contributed by atoms with van der Waals surface area (Å²) in [7, 11) is 1.18. The van der Waals surface area contributed by atoms with Gasteiger partial charge in [0.2, 0.25) is 0 Å². The molecule has 0 bridgehead atoms. The molecule has 0 saturated heterocycles. The van der Waals surface area contributed by atoms with Crippen LogP contribution in [-0.4, -0.2) is 70.0 Å². The monoisotopic (exact) mass is 1120 g/mol. The number of hydrogen-bond acceptors (Lipinski definition) is 8. The Morgan fingerprint density at radius 2 is 0.731 bits per heavy atom. The predicted molar refractivity (Wildman–Crippen MR) is 333 cm³/mol. The van der Waals surface area contributed by atoms with Gasteiger partial charge in [0.05, 0.1) is 27.7 Å². The van der Waals surface area contributed by atoms with Crippen LogP contribution in [0.1, 0.15) is 309 Å². The standard InChI is InChI=1S/C68H126NO8P/c1-6-8-10-12-14-16-18-20-22-23-24-25-26-27-28-29-30-31-32-33-34-35-36-37-38-39-40-41-42-43-44-45-47-49-51-53-55-57-59-61-68(71)77-66(65-76-78(72,73)75-63-62-69(3,4)5)64-74-67(70)60-58-56-54-52-50-48-46-21-19-17-15-13-11-9-7-2/h8,10,14,16,20,22,24-25,27-28,66H,6-7,9,11-13,15,17-19,21,23,26,29-65H2,1-5H3/b10-8-,16-14-,22-20-,25-24-,28-27-. The molecule has 0 rings (SSSR count). The van der Waals surface area contributed by atoms with Gasteiger partial charge in [-0.1, -0.05) is 299 Å². The molecule has 0 radical (unpaired) electrons. The molecule has 0 aliphatic heterocycles. The fourth-order valence-corrected chi connectivity index (χ4v) is 10.2. The molecule has 0 N–H and O–H groups in total. The fraction of sp³-hybridized carbons (Fsp3) is 0.824. The largest absolute Gasteiger partial charge is 0.756 e. The van der Waals surface area contributed by atoms with Crippen LogP contribution >= 0.6 is 7.82 Å². The molecule has 0 aliphatic carbocycles. The number of rotatable bonds is 61. The van der Waals surface area contributed by atoms with Crippen molar-refractivity contribution in [1.82, 2.24) is 0 Å². The van der Waals surface area contributed by atoms with Crippen molar-refractivity contribution >= 4 is 19.8 Å². The molecule has 9 nitrogen and oxygen atoms in total. The molecule has 2 unspecified atom stereocenters. The highest BCUT2D eigenvalue weighted by atomic mass is 31.2. The van der Waals surface area contributed by atoms with Gasteiger partial charge in [0.15, 0.2) is 6.10 Å². The van der Waals surface area contributed by atoms with Gasteiger partial charge in [0.25, 0.3) is 7.82 Å². The molecule has 0 saturated carbocycles. The third kappa shape index (κ3) is 62.9. The first-order valence-corrected chi connectivity index (χ1v) is 34.5. The van der Waals surface area contributed by atoms with E-state index in [0.29, 0.717) is 17.4 Å². The summed E-state index contributed by atoms with van der Waals surface area (Å²) in [5.74, 6) is -0.816.